The van der Waals surface area contributed by atoms with Gasteiger partial charge in [0.1, 0.15) is 28.8 Å². The molecule has 2 aliphatic rings. The predicted molar refractivity (Wildman–Crippen MR) is 151 cm³/mol. The Morgan fingerprint density at radius 3 is 2.07 bits per heavy atom. The molecule has 1 N–H and O–H groups in total. The van der Waals surface area contributed by atoms with Crippen LogP contribution in [0.4, 0.5) is 8.78 Å². The summed E-state index contributed by atoms with van der Waals surface area (Å²) < 4.78 is 37.7. The number of Topliss-reactive ketones (excluding diaryl/α,β-unsaturated/α-hetero) is 1. The van der Waals surface area contributed by atoms with Gasteiger partial charge in [-0.05, 0) is 74.9 Å². The van der Waals surface area contributed by atoms with Crippen molar-refractivity contribution in [3.8, 4) is 11.5 Å². The second kappa shape index (κ2) is 13.1. The van der Waals surface area contributed by atoms with Crippen molar-refractivity contribution in [2.75, 3.05) is 20.2 Å². The van der Waals surface area contributed by atoms with E-state index in [9.17, 15) is 23.2 Å². The summed E-state index contributed by atoms with van der Waals surface area (Å²) in [5.41, 5.74) is 1.24. The topological polar surface area (TPSA) is 97.8 Å². The highest BCUT2D eigenvalue weighted by Crippen LogP contribution is 2.26. The van der Waals surface area contributed by atoms with Crippen molar-refractivity contribution in [2.45, 2.75) is 50.7 Å². The molecule has 2 heterocycles. The Kier molecular flexibility index (Phi) is 9.09. The summed E-state index contributed by atoms with van der Waals surface area (Å²) in [7, 11) is 1.58. The average molecular weight is 578 g/mol. The molecule has 0 unspecified atom stereocenters. The highest BCUT2D eigenvalue weighted by atomic mass is 19.1. The number of likely N-dealkylation sites (tertiary alicyclic amines) is 1. The third-order valence-corrected chi connectivity index (χ3v) is 7.92. The monoisotopic (exact) mass is 577 g/mol. The van der Waals surface area contributed by atoms with E-state index in [1.165, 1.54) is 12.3 Å². The molecule has 0 bridgehead atoms. The largest absolute Gasteiger partial charge is 0.497 e. The molecular weight excluding hydrogens is 544 g/mol. The number of carbonyl (C=O) groups is 3. The van der Waals surface area contributed by atoms with Gasteiger partial charge in [0.15, 0.2) is 5.78 Å². The Morgan fingerprint density at radius 2 is 1.48 bits per heavy atom. The lowest BCUT2D eigenvalue weighted by atomic mass is 9.88. The summed E-state index contributed by atoms with van der Waals surface area (Å²) >= 11 is 0. The number of ketones is 1. The van der Waals surface area contributed by atoms with Crippen molar-refractivity contribution >= 4 is 17.6 Å². The minimum atomic E-state index is -0.687. The van der Waals surface area contributed by atoms with E-state index in [0.717, 1.165) is 18.2 Å². The fraction of sp³-hybridized carbons (Fsp3) is 0.375. The van der Waals surface area contributed by atoms with Crippen LogP contribution in [-0.4, -0.2) is 59.8 Å². The number of halogens is 2. The number of hydrogen-bond acceptors (Lipinski definition) is 6. The number of pyridine rings is 1. The third kappa shape index (κ3) is 7.10. The summed E-state index contributed by atoms with van der Waals surface area (Å²) in [6.07, 6.45) is 4.96. The molecule has 0 spiro atoms. The average Bonchev–Trinajstić information content (AvgIpc) is 3.01. The SMILES string of the molecule is COc1ccc(C(=O)C2CCN(C(=O)c3ccc(C(=O)NC4CCC(Oc5cc(F)cc(F)c5)CC4)nc3)CC2)cc1. The molecule has 1 aliphatic heterocycles. The highest BCUT2D eigenvalue weighted by Gasteiger charge is 2.29. The van der Waals surface area contributed by atoms with Crippen molar-refractivity contribution < 1.29 is 32.6 Å². The van der Waals surface area contributed by atoms with E-state index >= 15 is 0 Å². The van der Waals surface area contributed by atoms with Gasteiger partial charge in [-0.3, -0.25) is 19.4 Å². The normalized spacial score (nSPS) is 19.2. The highest BCUT2D eigenvalue weighted by molar-refractivity contribution is 5.99. The zero-order valence-corrected chi connectivity index (χ0v) is 23.4. The van der Waals surface area contributed by atoms with Gasteiger partial charge in [-0.15, -0.1) is 0 Å². The van der Waals surface area contributed by atoms with Crippen LogP contribution in [0.5, 0.6) is 11.5 Å². The molecule has 1 saturated carbocycles. The maximum atomic E-state index is 13.4. The fourth-order valence-corrected chi connectivity index (χ4v) is 5.55. The summed E-state index contributed by atoms with van der Waals surface area (Å²) in [4.78, 5) is 44.6. The van der Waals surface area contributed by atoms with Crippen LogP contribution >= 0.6 is 0 Å². The maximum absolute atomic E-state index is 13.4. The van der Waals surface area contributed by atoms with Crippen LogP contribution in [0.3, 0.4) is 0 Å². The van der Waals surface area contributed by atoms with Crippen LogP contribution in [0.1, 0.15) is 69.7 Å². The van der Waals surface area contributed by atoms with Gasteiger partial charge in [-0.2, -0.15) is 0 Å². The first kappa shape index (κ1) is 29.2. The van der Waals surface area contributed by atoms with Crippen LogP contribution in [0.15, 0.2) is 60.8 Å². The molecule has 5 rings (SSSR count). The molecule has 1 saturated heterocycles. The van der Waals surface area contributed by atoms with E-state index in [1.807, 2.05) is 0 Å². The minimum Gasteiger partial charge on any atom is -0.497 e. The van der Waals surface area contributed by atoms with Crippen LogP contribution in [0.2, 0.25) is 0 Å². The zero-order valence-electron chi connectivity index (χ0n) is 23.4. The third-order valence-electron chi connectivity index (χ3n) is 7.92. The lowest BCUT2D eigenvalue weighted by Crippen LogP contribution is -2.40. The molecule has 2 fully saturated rings. The van der Waals surface area contributed by atoms with Gasteiger partial charge in [-0.1, -0.05) is 0 Å². The molecule has 10 heteroatoms. The summed E-state index contributed by atoms with van der Waals surface area (Å²) in [6, 6.07) is 13.2. The predicted octanol–water partition coefficient (Wildman–Crippen LogP) is 5.22. The van der Waals surface area contributed by atoms with Crippen molar-refractivity contribution in [2.24, 2.45) is 5.92 Å². The standard InChI is InChI=1S/C32H33F2N3O5/c1-41-26-7-2-20(3-8-26)30(38)21-12-14-37(15-13-21)32(40)22-4-11-29(35-19-22)31(39)36-25-5-9-27(10-6-25)42-28-17-23(33)16-24(34)18-28/h2-4,7-8,11,16-19,21,25,27H,5-6,9-10,12-15H2,1H3,(H,36,39). The van der Waals surface area contributed by atoms with E-state index in [2.05, 4.69) is 10.3 Å². The number of aromatic nitrogens is 1. The molecule has 220 valence electrons. The molecule has 1 aliphatic carbocycles. The van der Waals surface area contributed by atoms with Crippen LogP contribution in [0.25, 0.3) is 0 Å². The first-order valence-electron chi connectivity index (χ1n) is 14.2. The van der Waals surface area contributed by atoms with E-state index < -0.39 is 11.6 Å². The molecule has 1 aromatic heterocycles. The van der Waals surface area contributed by atoms with E-state index in [4.69, 9.17) is 9.47 Å². The van der Waals surface area contributed by atoms with Crippen LogP contribution < -0.4 is 14.8 Å². The smallest absolute Gasteiger partial charge is 0.270 e. The quantitative estimate of drug-likeness (QED) is 0.369. The number of hydrogen-bond donors (Lipinski definition) is 1. The Morgan fingerprint density at radius 1 is 0.833 bits per heavy atom. The number of methoxy groups -OCH3 is 1. The Balaban J connectivity index is 1.07. The number of amides is 2. The number of nitrogens with zero attached hydrogens (tertiary/aromatic N) is 2. The Hall–Kier alpha value is -4.34. The number of rotatable bonds is 8. The number of benzene rings is 2. The van der Waals surface area contributed by atoms with Crippen molar-refractivity contribution in [3.63, 3.8) is 0 Å². The second-order valence-electron chi connectivity index (χ2n) is 10.8. The number of ether oxygens (including phenoxy) is 2. The Bertz CT molecular complexity index is 1390. The van der Waals surface area contributed by atoms with Gasteiger partial charge in [-0.25, -0.2) is 8.78 Å². The van der Waals surface area contributed by atoms with Crippen molar-refractivity contribution in [1.29, 1.82) is 0 Å². The number of nitrogens with one attached hydrogen (secondary N) is 1. The second-order valence-corrected chi connectivity index (χ2v) is 10.8. The molecule has 2 amide bonds. The molecule has 3 aromatic rings. The first-order chi connectivity index (χ1) is 20.3. The van der Waals surface area contributed by atoms with Crippen LogP contribution in [-0.2, 0) is 0 Å². The Labute approximate surface area is 243 Å². The molecule has 8 nitrogen and oxygen atoms in total. The van der Waals surface area contributed by atoms with Gasteiger partial charge in [0.25, 0.3) is 11.8 Å². The van der Waals surface area contributed by atoms with Crippen molar-refractivity contribution in [3.05, 3.63) is 89.2 Å². The lowest BCUT2D eigenvalue weighted by molar-refractivity contribution is 0.0649. The van der Waals surface area contributed by atoms with Crippen molar-refractivity contribution in [1.82, 2.24) is 15.2 Å². The molecule has 42 heavy (non-hydrogen) atoms. The zero-order chi connectivity index (χ0) is 29.6. The first-order valence-corrected chi connectivity index (χ1v) is 14.2. The van der Waals surface area contributed by atoms with Crippen LogP contribution in [0, 0.1) is 17.6 Å². The minimum absolute atomic E-state index is 0.0739. The van der Waals surface area contributed by atoms with Gasteiger partial charge >= 0.3 is 0 Å². The number of carbonyl (C=O) groups excluding carboxylic acids is 3. The summed E-state index contributed by atoms with van der Waals surface area (Å²) in [5.74, 6) is -1.10. The fourth-order valence-electron chi connectivity index (χ4n) is 5.55. The molecular formula is C32H33F2N3O5. The van der Waals surface area contributed by atoms with E-state index in [0.29, 0.717) is 68.5 Å². The molecule has 0 atom stereocenters. The number of piperidine rings is 1. The lowest BCUT2D eigenvalue weighted by Gasteiger charge is -2.31. The summed E-state index contributed by atoms with van der Waals surface area (Å²) in [5, 5.41) is 2.97. The van der Waals surface area contributed by atoms with Gasteiger partial charge in [0.2, 0.25) is 0 Å². The van der Waals surface area contributed by atoms with E-state index in [1.54, 1.807) is 42.3 Å². The molecule has 0 radical (unpaired) electrons. The van der Waals surface area contributed by atoms with Gasteiger partial charge in [0, 0.05) is 55.0 Å². The maximum Gasteiger partial charge on any atom is 0.270 e. The molecule has 2 aromatic carbocycles. The summed E-state index contributed by atoms with van der Waals surface area (Å²) in [6.45, 7) is 0.933. The van der Waals surface area contributed by atoms with Gasteiger partial charge in [0.05, 0.1) is 18.8 Å². The van der Waals surface area contributed by atoms with E-state index in [-0.39, 0.29) is 47.1 Å². The van der Waals surface area contributed by atoms with Gasteiger partial charge < -0.3 is 19.7 Å².